The molecule has 0 saturated heterocycles. The quantitative estimate of drug-likeness (QED) is 0.705. The lowest BCUT2D eigenvalue weighted by atomic mass is 9.85. The van der Waals surface area contributed by atoms with Crippen LogP contribution in [0.1, 0.15) is 19.4 Å². The second kappa shape index (κ2) is 3.32. The molecule has 0 spiro atoms. The SMILES string of the molecule is CC(C)(C#N)c1cncc2ccncc12. The van der Waals surface area contributed by atoms with Crippen LogP contribution in [0.3, 0.4) is 0 Å². The highest BCUT2D eigenvalue weighted by molar-refractivity contribution is 5.85. The van der Waals surface area contributed by atoms with E-state index in [-0.39, 0.29) is 0 Å². The average molecular weight is 197 g/mol. The molecular weight excluding hydrogens is 186 g/mol. The van der Waals surface area contributed by atoms with Gasteiger partial charge in [0.1, 0.15) is 0 Å². The Balaban J connectivity index is 2.78. The highest BCUT2D eigenvalue weighted by Gasteiger charge is 2.22. The molecule has 2 heterocycles. The minimum absolute atomic E-state index is 0.532. The Labute approximate surface area is 88.4 Å². The van der Waals surface area contributed by atoms with Gasteiger partial charge >= 0.3 is 0 Å². The summed E-state index contributed by atoms with van der Waals surface area (Å²) in [7, 11) is 0. The number of nitrogens with zero attached hydrogens (tertiary/aromatic N) is 3. The van der Waals surface area contributed by atoms with Crippen LogP contribution in [-0.4, -0.2) is 9.97 Å². The van der Waals surface area contributed by atoms with E-state index in [0.29, 0.717) is 0 Å². The van der Waals surface area contributed by atoms with E-state index < -0.39 is 5.41 Å². The Hall–Kier alpha value is -1.95. The Kier molecular flexibility index (Phi) is 2.12. The lowest BCUT2D eigenvalue weighted by molar-refractivity contribution is 0.690. The fourth-order valence-corrected chi connectivity index (χ4v) is 1.56. The van der Waals surface area contributed by atoms with Gasteiger partial charge in [-0.3, -0.25) is 9.97 Å². The molecule has 0 bridgehead atoms. The van der Waals surface area contributed by atoms with Gasteiger partial charge in [0.15, 0.2) is 0 Å². The van der Waals surface area contributed by atoms with Crippen LogP contribution < -0.4 is 0 Å². The minimum atomic E-state index is -0.532. The molecule has 2 aromatic heterocycles. The Bertz CT molecular complexity index is 533. The molecule has 0 N–H and O–H groups in total. The topological polar surface area (TPSA) is 49.6 Å². The molecule has 0 unspecified atom stereocenters. The van der Waals surface area contributed by atoms with Gasteiger partial charge in [0, 0.05) is 35.6 Å². The van der Waals surface area contributed by atoms with Gasteiger partial charge in [-0.1, -0.05) is 0 Å². The molecule has 15 heavy (non-hydrogen) atoms. The van der Waals surface area contributed by atoms with E-state index in [9.17, 15) is 0 Å². The number of rotatable bonds is 1. The van der Waals surface area contributed by atoms with Gasteiger partial charge in [0.05, 0.1) is 11.5 Å². The van der Waals surface area contributed by atoms with Crippen LogP contribution in [0.15, 0.2) is 30.9 Å². The predicted molar refractivity (Wildman–Crippen MR) is 58.2 cm³/mol. The Morgan fingerprint density at radius 1 is 1.20 bits per heavy atom. The second-order valence-corrected chi connectivity index (χ2v) is 4.02. The maximum atomic E-state index is 9.11. The molecule has 74 valence electrons. The fourth-order valence-electron chi connectivity index (χ4n) is 1.56. The van der Waals surface area contributed by atoms with Gasteiger partial charge in [-0.2, -0.15) is 5.26 Å². The first-order valence-corrected chi connectivity index (χ1v) is 4.74. The number of hydrogen-bond donors (Lipinski definition) is 0. The number of hydrogen-bond acceptors (Lipinski definition) is 3. The summed E-state index contributed by atoms with van der Waals surface area (Å²) in [6, 6.07) is 4.18. The lowest BCUT2D eigenvalue weighted by Gasteiger charge is -2.17. The molecule has 2 rings (SSSR count). The summed E-state index contributed by atoms with van der Waals surface area (Å²) in [6.07, 6.45) is 7.04. The first-order chi connectivity index (χ1) is 7.15. The van der Waals surface area contributed by atoms with Crippen LogP contribution in [0.5, 0.6) is 0 Å². The molecule has 2 aromatic rings. The molecule has 0 aliphatic rings. The van der Waals surface area contributed by atoms with Crippen molar-refractivity contribution in [3.8, 4) is 6.07 Å². The van der Waals surface area contributed by atoms with E-state index in [4.69, 9.17) is 5.26 Å². The Morgan fingerprint density at radius 3 is 2.73 bits per heavy atom. The van der Waals surface area contributed by atoms with E-state index in [1.165, 1.54) is 0 Å². The van der Waals surface area contributed by atoms with E-state index in [0.717, 1.165) is 16.3 Å². The zero-order valence-electron chi connectivity index (χ0n) is 8.73. The normalized spacial score (nSPS) is 11.3. The van der Waals surface area contributed by atoms with Crippen molar-refractivity contribution in [2.24, 2.45) is 0 Å². The molecule has 0 radical (unpaired) electrons. The summed E-state index contributed by atoms with van der Waals surface area (Å²) in [5.74, 6) is 0. The third-order valence-corrected chi connectivity index (χ3v) is 2.52. The van der Waals surface area contributed by atoms with Gasteiger partial charge in [-0.25, -0.2) is 0 Å². The average Bonchev–Trinajstić information content (AvgIpc) is 2.28. The predicted octanol–water partition coefficient (Wildman–Crippen LogP) is 2.43. The largest absolute Gasteiger partial charge is 0.264 e. The molecule has 0 aliphatic carbocycles. The summed E-state index contributed by atoms with van der Waals surface area (Å²) in [4.78, 5) is 8.23. The molecule has 0 aliphatic heterocycles. The number of pyridine rings is 2. The van der Waals surface area contributed by atoms with Crippen LogP contribution in [-0.2, 0) is 5.41 Å². The van der Waals surface area contributed by atoms with Crippen LogP contribution in [0.2, 0.25) is 0 Å². The van der Waals surface area contributed by atoms with Crippen LogP contribution in [0.4, 0.5) is 0 Å². The molecule has 3 heteroatoms. The molecule has 0 aromatic carbocycles. The molecule has 0 saturated carbocycles. The van der Waals surface area contributed by atoms with Crippen molar-refractivity contribution in [1.29, 1.82) is 5.26 Å². The minimum Gasteiger partial charge on any atom is -0.264 e. The third-order valence-electron chi connectivity index (χ3n) is 2.52. The standard InChI is InChI=1S/C12H11N3/c1-12(2,8-13)11-7-15-5-9-3-4-14-6-10(9)11/h3-7H,1-2H3. The maximum absolute atomic E-state index is 9.11. The highest BCUT2D eigenvalue weighted by atomic mass is 14.7. The first-order valence-electron chi connectivity index (χ1n) is 4.74. The third kappa shape index (κ3) is 1.55. The van der Waals surface area contributed by atoms with Crippen LogP contribution >= 0.6 is 0 Å². The molecule has 0 amide bonds. The molecule has 3 nitrogen and oxygen atoms in total. The van der Waals surface area contributed by atoms with Crippen molar-refractivity contribution in [2.75, 3.05) is 0 Å². The van der Waals surface area contributed by atoms with E-state index >= 15 is 0 Å². The zero-order valence-corrected chi connectivity index (χ0v) is 8.73. The van der Waals surface area contributed by atoms with Crippen molar-refractivity contribution in [3.63, 3.8) is 0 Å². The zero-order chi connectivity index (χ0) is 10.9. The van der Waals surface area contributed by atoms with Crippen molar-refractivity contribution < 1.29 is 0 Å². The van der Waals surface area contributed by atoms with Crippen molar-refractivity contribution >= 4 is 10.8 Å². The number of nitriles is 1. The van der Waals surface area contributed by atoms with Crippen LogP contribution in [0.25, 0.3) is 10.8 Å². The van der Waals surface area contributed by atoms with Crippen LogP contribution in [0, 0.1) is 11.3 Å². The summed E-state index contributed by atoms with van der Waals surface area (Å²) in [5, 5.41) is 11.1. The molecule has 0 atom stereocenters. The second-order valence-electron chi connectivity index (χ2n) is 4.02. The summed E-state index contributed by atoms with van der Waals surface area (Å²) in [6.45, 7) is 3.77. The van der Waals surface area contributed by atoms with Gasteiger partial charge in [0.2, 0.25) is 0 Å². The van der Waals surface area contributed by atoms with E-state index in [2.05, 4.69) is 16.0 Å². The monoisotopic (exact) mass is 197 g/mol. The maximum Gasteiger partial charge on any atom is 0.0787 e. The van der Waals surface area contributed by atoms with Crippen molar-refractivity contribution in [2.45, 2.75) is 19.3 Å². The van der Waals surface area contributed by atoms with Crippen molar-refractivity contribution in [3.05, 3.63) is 36.4 Å². The first kappa shape index (κ1) is 9.60. The van der Waals surface area contributed by atoms with Crippen molar-refractivity contribution in [1.82, 2.24) is 9.97 Å². The summed E-state index contributed by atoms with van der Waals surface area (Å²) < 4.78 is 0. The number of fused-ring (bicyclic) bond motifs is 1. The highest BCUT2D eigenvalue weighted by Crippen LogP contribution is 2.27. The Morgan fingerprint density at radius 2 is 2.00 bits per heavy atom. The van der Waals surface area contributed by atoms with Gasteiger partial charge in [-0.05, 0) is 25.5 Å². The molecule has 0 fully saturated rings. The van der Waals surface area contributed by atoms with Gasteiger partial charge in [-0.15, -0.1) is 0 Å². The van der Waals surface area contributed by atoms with E-state index in [1.54, 1.807) is 24.8 Å². The smallest absolute Gasteiger partial charge is 0.0787 e. The molecular formula is C12H11N3. The van der Waals surface area contributed by atoms with Gasteiger partial charge < -0.3 is 0 Å². The fraction of sp³-hybridized carbons (Fsp3) is 0.250. The lowest BCUT2D eigenvalue weighted by Crippen LogP contribution is -2.14. The number of aromatic nitrogens is 2. The van der Waals surface area contributed by atoms with E-state index in [1.807, 2.05) is 19.9 Å². The summed E-state index contributed by atoms with van der Waals surface area (Å²) >= 11 is 0. The van der Waals surface area contributed by atoms with Gasteiger partial charge in [0.25, 0.3) is 0 Å². The summed E-state index contributed by atoms with van der Waals surface area (Å²) in [5.41, 5.74) is 0.394.